The van der Waals surface area contributed by atoms with E-state index in [1.165, 1.54) is 0 Å². The third-order valence-electron chi connectivity index (χ3n) is 4.04. The first-order valence-electron chi connectivity index (χ1n) is 8.59. The van der Waals surface area contributed by atoms with Crippen molar-refractivity contribution in [3.8, 4) is 0 Å². The van der Waals surface area contributed by atoms with Gasteiger partial charge < -0.3 is 10.1 Å². The molecule has 1 amide bonds. The number of nitrogens with zero attached hydrogens (tertiary/aromatic N) is 2. The fourth-order valence-electron chi connectivity index (χ4n) is 2.78. The van der Waals surface area contributed by atoms with Crippen molar-refractivity contribution in [1.29, 1.82) is 0 Å². The lowest BCUT2D eigenvalue weighted by Crippen LogP contribution is -2.16. The van der Waals surface area contributed by atoms with Crippen molar-refractivity contribution < 1.29 is 14.3 Å². The molecule has 2 aromatic heterocycles. The Morgan fingerprint density at radius 1 is 1.12 bits per heavy atom. The largest absolute Gasteiger partial charge is 0.462 e. The number of hydrogen-bond acceptors (Lipinski definition) is 4. The predicted octanol–water partition coefficient (Wildman–Crippen LogP) is 3.63. The van der Waals surface area contributed by atoms with Crippen LogP contribution in [0.1, 0.15) is 46.0 Å². The summed E-state index contributed by atoms with van der Waals surface area (Å²) in [5.41, 5.74) is 4.12. The highest BCUT2D eigenvalue weighted by Crippen LogP contribution is 2.18. The van der Waals surface area contributed by atoms with E-state index < -0.39 is 0 Å². The third kappa shape index (κ3) is 3.44. The number of nitrogens with one attached hydrogen (secondary N) is 1. The topological polar surface area (TPSA) is 72.7 Å². The molecule has 0 radical (unpaired) electrons. The van der Waals surface area contributed by atoms with Gasteiger partial charge in [-0.3, -0.25) is 9.20 Å². The lowest BCUT2D eigenvalue weighted by molar-refractivity contribution is 0.0526. The maximum absolute atomic E-state index is 12.8. The number of imidazole rings is 1. The van der Waals surface area contributed by atoms with Crippen LogP contribution < -0.4 is 5.32 Å². The van der Waals surface area contributed by atoms with Crippen molar-refractivity contribution in [2.75, 3.05) is 11.9 Å². The number of rotatable bonds is 5. The van der Waals surface area contributed by atoms with Gasteiger partial charge in [0.1, 0.15) is 11.3 Å². The van der Waals surface area contributed by atoms with Gasteiger partial charge in [0.2, 0.25) is 0 Å². The molecule has 0 fully saturated rings. The molecule has 0 saturated heterocycles. The van der Waals surface area contributed by atoms with Crippen LogP contribution in [-0.2, 0) is 11.2 Å². The van der Waals surface area contributed by atoms with E-state index in [9.17, 15) is 9.59 Å². The Bertz CT molecular complexity index is 958. The minimum absolute atomic E-state index is 0.233. The molecule has 0 unspecified atom stereocenters. The van der Waals surface area contributed by atoms with Crippen LogP contribution in [-0.4, -0.2) is 27.9 Å². The molecule has 2 heterocycles. The highest BCUT2D eigenvalue weighted by atomic mass is 16.5. The minimum Gasteiger partial charge on any atom is -0.462 e. The van der Waals surface area contributed by atoms with E-state index >= 15 is 0 Å². The molecular weight excluding hydrogens is 330 g/mol. The van der Waals surface area contributed by atoms with Crippen molar-refractivity contribution in [2.45, 2.75) is 27.2 Å². The molecule has 1 aromatic carbocycles. The Morgan fingerprint density at radius 2 is 1.85 bits per heavy atom. The average Bonchev–Trinajstić information content (AvgIpc) is 3.00. The number of aryl methyl sites for hydroxylation is 2. The number of benzene rings is 1. The molecule has 6 heteroatoms. The van der Waals surface area contributed by atoms with Crippen molar-refractivity contribution in [3.63, 3.8) is 0 Å². The van der Waals surface area contributed by atoms with Crippen LogP contribution in [0.4, 0.5) is 5.69 Å². The molecule has 3 rings (SSSR count). The molecule has 26 heavy (non-hydrogen) atoms. The Morgan fingerprint density at radius 3 is 2.50 bits per heavy atom. The Labute approximate surface area is 151 Å². The SMILES string of the molecule is CCOC(=O)c1ccc(NC(=O)c2c(CC)nc3ccc(C)cn23)cc1. The number of ether oxygens (including phenoxy) is 1. The fourth-order valence-corrected chi connectivity index (χ4v) is 2.78. The van der Waals surface area contributed by atoms with Crippen LogP contribution in [0.5, 0.6) is 0 Å². The van der Waals surface area contributed by atoms with Crippen molar-refractivity contribution in [3.05, 3.63) is 65.1 Å². The molecular formula is C20H21N3O3. The minimum atomic E-state index is -0.379. The number of aromatic nitrogens is 2. The van der Waals surface area contributed by atoms with Crippen LogP contribution in [0, 0.1) is 6.92 Å². The van der Waals surface area contributed by atoms with E-state index in [-0.39, 0.29) is 11.9 Å². The average molecular weight is 351 g/mol. The van der Waals surface area contributed by atoms with Crippen molar-refractivity contribution in [1.82, 2.24) is 9.38 Å². The van der Waals surface area contributed by atoms with Gasteiger partial charge in [-0.05, 0) is 56.2 Å². The van der Waals surface area contributed by atoms with E-state index in [0.29, 0.717) is 30.0 Å². The zero-order valence-corrected chi connectivity index (χ0v) is 15.1. The van der Waals surface area contributed by atoms with Gasteiger partial charge >= 0.3 is 5.97 Å². The van der Waals surface area contributed by atoms with Crippen molar-refractivity contribution >= 4 is 23.2 Å². The molecule has 0 aliphatic carbocycles. The molecule has 1 N–H and O–H groups in total. The van der Waals surface area contributed by atoms with E-state index in [4.69, 9.17) is 4.74 Å². The Balaban J connectivity index is 1.87. The van der Waals surface area contributed by atoms with E-state index in [1.54, 1.807) is 31.2 Å². The van der Waals surface area contributed by atoms with Gasteiger partial charge in [-0.15, -0.1) is 0 Å². The summed E-state index contributed by atoms with van der Waals surface area (Å²) in [5.74, 6) is -0.611. The third-order valence-corrected chi connectivity index (χ3v) is 4.04. The first-order valence-corrected chi connectivity index (χ1v) is 8.59. The molecule has 0 bridgehead atoms. The standard InChI is InChI=1S/C20H21N3O3/c1-4-16-18(23-12-13(3)6-11-17(23)22-16)19(24)21-15-9-7-14(8-10-15)20(25)26-5-2/h6-12H,4-5H2,1-3H3,(H,21,24). The van der Waals surface area contributed by atoms with Gasteiger partial charge in [0.05, 0.1) is 17.9 Å². The summed E-state index contributed by atoms with van der Waals surface area (Å²) in [6.45, 7) is 6.03. The monoisotopic (exact) mass is 351 g/mol. The fraction of sp³-hybridized carbons (Fsp3) is 0.250. The summed E-state index contributed by atoms with van der Waals surface area (Å²) in [5, 5.41) is 2.88. The molecule has 0 saturated carbocycles. The van der Waals surface area contributed by atoms with E-state index in [1.807, 2.05) is 36.6 Å². The second-order valence-electron chi connectivity index (χ2n) is 5.95. The molecule has 134 valence electrons. The van der Waals surface area contributed by atoms with Crippen LogP contribution in [0.2, 0.25) is 0 Å². The summed E-state index contributed by atoms with van der Waals surface area (Å²) in [7, 11) is 0. The summed E-state index contributed by atoms with van der Waals surface area (Å²) >= 11 is 0. The highest BCUT2D eigenvalue weighted by molar-refractivity contribution is 6.04. The number of pyridine rings is 1. The number of anilines is 1. The Kier molecular flexibility index (Phi) is 5.02. The molecule has 6 nitrogen and oxygen atoms in total. The summed E-state index contributed by atoms with van der Waals surface area (Å²) in [6, 6.07) is 10.5. The van der Waals surface area contributed by atoms with E-state index in [2.05, 4.69) is 10.3 Å². The maximum atomic E-state index is 12.8. The maximum Gasteiger partial charge on any atom is 0.338 e. The lowest BCUT2D eigenvalue weighted by atomic mass is 10.2. The number of fused-ring (bicyclic) bond motifs is 1. The molecule has 0 spiro atoms. The van der Waals surface area contributed by atoms with Gasteiger partial charge in [0.25, 0.3) is 5.91 Å². The molecule has 3 aromatic rings. The van der Waals surface area contributed by atoms with Gasteiger partial charge in [-0.1, -0.05) is 13.0 Å². The summed E-state index contributed by atoms with van der Waals surface area (Å²) in [4.78, 5) is 29.1. The quantitative estimate of drug-likeness (QED) is 0.713. The van der Waals surface area contributed by atoms with Crippen LogP contribution in [0.15, 0.2) is 42.6 Å². The number of amides is 1. The van der Waals surface area contributed by atoms with E-state index in [0.717, 1.165) is 16.9 Å². The second-order valence-corrected chi connectivity index (χ2v) is 5.95. The lowest BCUT2D eigenvalue weighted by Gasteiger charge is -2.08. The zero-order valence-electron chi connectivity index (χ0n) is 15.1. The number of carbonyl (C=O) groups excluding carboxylic acids is 2. The first kappa shape index (κ1) is 17.7. The molecule has 0 atom stereocenters. The number of esters is 1. The predicted molar refractivity (Wildman–Crippen MR) is 99.7 cm³/mol. The van der Waals surface area contributed by atoms with Crippen molar-refractivity contribution in [2.24, 2.45) is 0 Å². The molecule has 0 aliphatic heterocycles. The number of hydrogen-bond donors (Lipinski definition) is 1. The summed E-state index contributed by atoms with van der Waals surface area (Å²) in [6.07, 6.45) is 2.56. The number of carbonyl (C=O) groups is 2. The molecule has 0 aliphatic rings. The zero-order chi connectivity index (χ0) is 18.7. The highest BCUT2D eigenvalue weighted by Gasteiger charge is 2.18. The van der Waals surface area contributed by atoms with Gasteiger partial charge in [-0.2, -0.15) is 0 Å². The summed E-state index contributed by atoms with van der Waals surface area (Å²) < 4.78 is 6.78. The van der Waals surface area contributed by atoms with Crippen LogP contribution >= 0.6 is 0 Å². The van der Waals surface area contributed by atoms with Gasteiger partial charge in [0.15, 0.2) is 0 Å². The smallest absolute Gasteiger partial charge is 0.338 e. The van der Waals surface area contributed by atoms with Crippen LogP contribution in [0.3, 0.4) is 0 Å². The van der Waals surface area contributed by atoms with Crippen LogP contribution in [0.25, 0.3) is 5.65 Å². The first-order chi connectivity index (χ1) is 12.5. The Hall–Kier alpha value is -3.15. The van der Waals surface area contributed by atoms with Gasteiger partial charge in [0, 0.05) is 11.9 Å². The second kappa shape index (κ2) is 7.39. The van der Waals surface area contributed by atoms with Gasteiger partial charge in [-0.25, -0.2) is 9.78 Å². The normalized spacial score (nSPS) is 10.7.